The van der Waals surface area contributed by atoms with E-state index < -0.39 is 5.97 Å². The molecule has 0 aromatic heterocycles. The van der Waals surface area contributed by atoms with Gasteiger partial charge in [0.1, 0.15) is 0 Å². The first kappa shape index (κ1) is 12.8. The van der Waals surface area contributed by atoms with Crippen LogP contribution in [0.25, 0.3) is 0 Å². The van der Waals surface area contributed by atoms with Crippen molar-refractivity contribution in [1.82, 2.24) is 0 Å². The molecule has 16 heavy (non-hydrogen) atoms. The first-order valence-corrected chi connectivity index (χ1v) is 5.24. The molecule has 0 aliphatic rings. The maximum absolute atomic E-state index is 11.6. The largest absolute Gasteiger partial charge is 0.462 e. The molecule has 5 heteroatoms. The average molecular weight is 244 g/mol. The fourth-order valence-corrected chi connectivity index (χ4v) is 1.34. The number of esters is 1. The van der Waals surface area contributed by atoms with Crippen LogP contribution in [-0.2, 0) is 9.47 Å². The number of anilines is 1. The lowest BCUT2D eigenvalue weighted by Gasteiger charge is -2.06. The minimum absolute atomic E-state index is 0.291. The van der Waals surface area contributed by atoms with E-state index in [4.69, 9.17) is 26.8 Å². The summed E-state index contributed by atoms with van der Waals surface area (Å²) in [5.41, 5.74) is 6.33. The summed E-state index contributed by atoms with van der Waals surface area (Å²) in [6.07, 6.45) is 0.655. The monoisotopic (exact) mass is 243 g/mol. The number of nitrogens with two attached hydrogens (primary N) is 1. The molecular formula is C11H14ClNO3. The molecule has 0 aliphatic heterocycles. The molecule has 0 heterocycles. The molecule has 0 atom stereocenters. The quantitative estimate of drug-likeness (QED) is 0.489. The van der Waals surface area contributed by atoms with Crippen LogP contribution < -0.4 is 5.73 Å². The number of rotatable bonds is 5. The van der Waals surface area contributed by atoms with Crippen molar-refractivity contribution in [2.24, 2.45) is 0 Å². The number of halogens is 1. The van der Waals surface area contributed by atoms with Crippen molar-refractivity contribution in [3.05, 3.63) is 28.8 Å². The highest BCUT2D eigenvalue weighted by molar-refractivity contribution is 6.33. The van der Waals surface area contributed by atoms with E-state index in [0.717, 1.165) is 0 Å². The maximum atomic E-state index is 11.6. The average Bonchev–Trinajstić information content (AvgIpc) is 2.27. The van der Waals surface area contributed by atoms with Crippen LogP contribution in [0.3, 0.4) is 0 Å². The van der Waals surface area contributed by atoms with Gasteiger partial charge in [-0.25, -0.2) is 4.79 Å². The zero-order chi connectivity index (χ0) is 12.0. The molecule has 0 amide bonds. The molecule has 1 rings (SSSR count). The molecule has 88 valence electrons. The van der Waals surface area contributed by atoms with Gasteiger partial charge in [-0.15, -0.1) is 0 Å². The molecule has 0 bridgehead atoms. The number of carbonyl (C=O) groups excluding carboxylic acids is 1. The Morgan fingerprint density at radius 3 is 2.88 bits per heavy atom. The van der Waals surface area contributed by atoms with Gasteiger partial charge >= 0.3 is 5.97 Å². The van der Waals surface area contributed by atoms with Crippen molar-refractivity contribution >= 4 is 23.3 Å². The van der Waals surface area contributed by atoms with Crippen LogP contribution in [0.5, 0.6) is 0 Å². The third kappa shape index (κ3) is 3.72. The van der Waals surface area contributed by atoms with E-state index in [-0.39, 0.29) is 0 Å². The van der Waals surface area contributed by atoms with Crippen LogP contribution in [0.4, 0.5) is 5.69 Å². The summed E-state index contributed by atoms with van der Waals surface area (Å²) in [5, 5.41) is 0.339. The fraction of sp³-hybridized carbons (Fsp3) is 0.364. The summed E-state index contributed by atoms with van der Waals surface area (Å²) >= 11 is 5.85. The Morgan fingerprint density at radius 1 is 1.44 bits per heavy atom. The predicted molar refractivity (Wildman–Crippen MR) is 62.6 cm³/mol. The van der Waals surface area contributed by atoms with Crippen molar-refractivity contribution in [3.8, 4) is 0 Å². The lowest BCUT2D eigenvalue weighted by atomic mass is 10.2. The van der Waals surface area contributed by atoms with Crippen molar-refractivity contribution in [3.63, 3.8) is 0 Å². The molecule has 0 aliphatic carbocycles. The summed E-state index contributed by atoms with van der Waals surface area (Å²) in [6, 6.07) is 4.70. The second-order valence-corrected chi connectivity index (χ2v) is 3.63. The molecular weight excluding hydrogens is 230 g/mol. The molecule has 0 radical (unpaired) electrons. The van der Waals surface area contributed by atoms with Crippen LogP contribution in [0.2, 0.25) is 5.02 Å². The number of nitrogen functional groups attached to an aromatic ring is 1. The minimum atomic E-state index is -0.464. The van der Waals surface area contributed by atoms with E-state index in [9.17, 15) is 4.79 Å². The number of carbonyl (C=O) groups is 1. The summed E-state index contributed by atoms with van der Waals surface area (Å²) in [6.45, 7) is 0.857. The Hall–Kier alpha value is -1.26. The van der Waals surface area contributed by atoms with Gasteiger partial charge in [0, 0.05) is 25.8 Å². The summed E-state index contributed by atoms with van der Waals surface area (Å²) in [5.74, 6) is -0.464. The number of methoxy groups -OCH3 is 1. The predicted octanol–water partition coefficient (Wildman–Crippen LogP) is 2.12. The first-order valence-electron chi connectivity index (χ1n) is 4.86. The van der Waals surface area contributed by atoms with E-state index >= 15 is 0 Å². The first-order chi connectivity index (χ1) is 7.65. The Balaban J connectivity index is 2.55. The second kappa shape index (κ2) is 6.35. The zero-order valence-corrected chi connectivity index (χ0v) is 9.79. The molecule has 2 N–H and O–H groups in total. The molecule has 1 aromatic rings. The van der Waals surface area contributed by atoms with Gasteiger partial charge in [0.25, 0.3) is 0 Å². The topological polar surface area (TPSA) is 61.5 Å². The maximum Gasteiger partial charge on any atom is 0.339 e. The van der Waals surface area contributed by atoms with Crippen LogP contribution in [0, 0.1) is 0 Å². The number of hydrogen-bond donors (Lipinski definition) is 1. The smallest absolute Gasteiger partial charge is 0.339 e. The Morgan fingerprint density at radius 2 is 2.19 bits per heavy atom. The lowest BCUT2D eigenvalue weighted by Crippen LogP contribution is -2.09. The molecule has 0 fully saturated rings. The van der Waals surface area contributed by atoms with Gasteiger partial charge in [-0.2, -0.15) is 0 Å². The minimum Gasteiger partial charge on any atom is -0.462 e. The van der Waals surface area contributed by atoms with Crippen molar-refractivity contribution in [2.45, 2.75) is 6.42 Å². The van der Waals surface area contributed by atoms with E-state index in [1.54, 1.807) is 19.2 Å². The third-order valence-electron chi connectivity index (χ3n) is 1.94. The van der Waals surface area contributed by atoms with E-state index in [2.05, 4.69) is 0 Å². The Kier molecular flexibility index (Phi) is 5.08. The van der Waals surface area contributed by atoms with E-state index in [0.29, 0.717) is 35.9 Å². The summed E-state index contributed by atoms with van der Waals surface area (Å²) in [4.78, 5) is 11.6. The molecule has 1 aromatic carbocycles. The highest BCUT2D eigenvalue weighted by atomic mass is 35.5. The number of hydrogen-bond acceptors (Lipinski definition) is 4. The number of benzene rings is 1. The SMILES string of the molecule is COCCCOC(=O)c1cc(N)ccc1Cl. The fourth-order valence-electron chi connectivity index (χ4n) is 1.15. The molecule has 0 spiro atoms. The Bertz CT molecular complexity index is 368. The van der Waals surface area contributed by atoms with Crippen LogP contribution >= 0.6 is 11.6 Å². The van der Waals surface area contributed by atoms with Crippen LogP contribution in [0.1, 0.15) is 16.8 Å². The molecule has 0 unspecified atom stereocenters. The van der Waals surface area contributed by atoms with E-state index in [1.807, 2.05) is 0 Å². The second-order valence-electron chi connectivity index (χ2n) is 3.22. The van der Waals surface area contributed by atoms with E-state index in [1.165, 1.54) is 6.07 Å². The summed E-state index contributed by atoms with van der Waals surface area (Å²) in [7, 11) is 1.59. The zero-order valence-electron chi connectivity index (χ0n) is 9.03. The van der Waals surface area contributed by atoms with Gasteiger partial charge in [-0.3, -0.25) is 0 Å². The van der Waals surface area contributed by atoms with Crippen molar-refractivity contribution in [2.75, 3.05) is 26.1 Å². The van der Waals surface area contributed by atoms with Gasteiger partial charge in [0.2, 0.25) is 0 Å². The number of ether oxygens (including phenoxy) is 2. The molecule has 0 saturated heterocycles. The van der Waals surface area contributed by atoms with Gasteiger partial charge in [-0.05, 0) is 18.2 Å². The van der Waals surface area contributed by atoms with Crippen LogP contribution in [-0.4, -0.2) is 26.3 Å². The summed E-state index contributed by atoms with van der Waals surface area (Å²) < 4.78 is 9.84. The Labute approximate surface area is 99.3 Å². The van der Waals surface area contributed by atoms with Gasteiger partial charge in [-0.1, -0.05) is 11.6 Å². The van der Waals surface area contributed by atoms with Gasteiger partial charge < -0.3 is 15.2 Å². The van der Waals surface area contributed by atoms with Gasteiger partial charge in [0.15, 0.2) is 0 Å². The van der Waals surface area contributed by atoms with Gasteiger partial charge in [0.05, 0.1) is 17.2 Å². The standard InChI is InChI=1S/C11H14ClNO3/c1-15-5-2-6-16-11(14)9-7-8(13)3-4-10(9)12/h3-4,7H,2,5-6,13H2,1H3. The highest BCUT2D eigenvalue weighted by Crippen LogP contribution is 2.19. The van der Waals surface area contributed by atoms with Crippen molar-refractivity contribution < 1.29 is 14.3 Å². The third-order valence-corrected chi connectivity index (χ3v) is 2.27. The van der Waals surface area contributed by atoms with Crippen LogP contribution in [0.15, 0.2) is 18.2 Å². The van der Waals surface area contributed by atoms with Crippen molar-refractivity contribution in [1.29, 1.82) is 0 Å². The normalized spacial score (nSPS) is 10.1. The highest BCUT2D eigenvalue weighted by Gasteiger charge is 2.11. The molecule has 4 nitrogen and oxygen atoms in total. The lowest BCUT2D eigenvalue weighted by molar-refractivity contribution is 0.0468. The molecule has 0 saturated carbocycles.